The molecule has 1 heterocycles. The van der Waals surface area contributed by atoms with E-state index < -0.39 is 23.8 Å². The summed E-state index contributed by atoms with van der Waals surface area (Å²) in [4.78, 5) is 32.6. The number of aliphatic hydroxyl groups is 1. The number of carbonyl (C=O) groups is 3. The van der Waals surface area contributed by atoms with E-state index in [9.17, 15) is 14.4 Å². The maximum Gasteiger partial charge on any atom is 0.265 e. The van der Waals surface area contributed by atoms with E-state index in [4.69, 9.17) is 5.11 Å². The third-order valence-corrected chi connectivity index (χ3v) is 1.44. The van der Waals surface area contributed by atoms with Crippen LogP contribution in [-0.2, 0) is 14.4 Å². The molecule has 1 N–H and O–H groups in total. The SMILES string of the molecule is CC(=O)N1C(=O)CC(O)C1=O. The number of amides is 3. The first kappa shape index (κ1) is 7.87. The third kappa shape index (κ3) is 1.14. The lowest BCUT2D eigenvalue weighted by Gasteiger charge is -2.06. The highest BCUT2D eigenvalue weighted by molar-refractivity contribution is 6.16. The van der Waals surface area contributed by atoms with Crippen LogP contribution in [0.4, 0.5) is 0 Å². The van der Waals surface area contributed by atoms with Crippen LogP contribution in [0.5, 0.6) is 0 Å². The van der Waals surface area contributed by atoms with Crippen molar-refractivity contribution in [1.82, 2.24) is 4.90 Å². The lowest BCUT2D eigenvalue weighted by Crippen LogP contribution is -2.35. The van der Waals surface area contributed by atoms with E-state index >= 15 is 0 Å². The minimum absolute atomic E-state index is 0.279. The first-order valence-corrected chi connectivity index (χ1v) is 3.09. The second-order valence-corrected chi connectivity index (χ2v) is 2.31. The Kier molecular flexibility index (Phi) is 1.74. The van der Waals surface area contributed by atoms with Crippen LogP contribution in [0.1, 0.15) is 13.3 Å². The summed E-state index contributed by atoms with van der Waals surface area (Å²) in [5.74, 6) is -2.09. The summed E-state index contributed by atoms with van der Waals surface area (Å²) < 4.78 is 0. The highest BCUT2D eigenvalue weighted by atomic mass is 16.3. The van der Waals surface area contributed by atoms with Gasteiger partial charge in [0.05, 0.1) is 6.42 Å². The van der Waals surface area contributed by atoms with Crippen LogP contribution in [0.25, 0.3) is 0 Å². The molecule has 0 spiro atoms. The largest absolute Gasteiger partial charge is 0.383 e. The lowest BCUT2D eigenvalue weighted by atomic mass is 10.3. The Labute approximate surface area is 62.6 Å². The van der Waals surface area contributed by atoms with Gasteiger partial charge in [-0.05, 0) is 0 Å². The van der Waals surface area contributed by atoms with Crippen molar-refractivity contribution in [3.8, 4) is 0 Å². The van der Waals surface area contributed by atoms with Gasteiger partial charge < -0.3 is 5.11 Å². The van der Waals surface area contributed by atoms with Crippen LogP contribution >= 0.6 is 0 Å². The zero-order valence-electron chi connectivity index (χ0n) is 5.90. The van der Waals surface area contributed by atoms with Gasteiger partial charge in [0, 0.05) is 6.92 Å². The number of aliphatic hydroxyl groups excluding tert-OH is 1. The summed E-state index contributed by atoms with van der Waals surface area (Å²) in [5, 5.41) is 8.82. The van der Waals surface area contributed by atoms with Crippen molar-refractivity contribution in [2.24, 2.45) is 0 Å². The van der Waals surface area contributed by atoms with Gasteiger partial charge in [-0.2, -0.15) is 0 Å². The molecular formula is C6H7NO4. The Morgan fingerprint density at radius 1 is 1.64 bits per heavy atom. The summed E-state index contributed by atoms with van der Waals surface area (Å²) in [6, 6.07) is 0. The molecule has 3 amide bonds. The molecule has 1 rings (SSSR count). The van der Waals surface area contributed by atoms with E-state index in [1.165, 1.54) is 0 Å². The molecule has 1 fully saturated rings. The smallest absolute Gasteiger partial charge is 0.265 e. The lowest BCUT2D eigenvalue weighted by molar-refractivity contribution is -0.149. The molecule has 11 heavy (non-hydrogen) atoms. The minimum Gasteiger partial charge on any atom is -0.383 e. The number of hydrogen-bond acceptors (Lipinski definition) is 4. The van der Waals surface area contributed by atoms with Crippen LogP contribution in [0, 0.1) is 0 Å². The summed E-state index contributed by atoms with van der Waals surface area (Å²) in [7, 11) is 0. The van der Waals surface area contributed by atoms with E-state index in [1.807, 2.05) is 0 Å². The van der Waals surface area contributed by atoms with Crippen LogP contribution in [0.3, 0.4) is 0 Å². The second-order valence-electron chi connectivity index (χ2n) is 2.31. The molecule has 0 aliphatic carbocycles. The van der Waals surface area contributed by atoms with Gasteiger partial charge >= 0.3 is 0 Å². The van der Waals surface area contributed by atoms with Crippen molar-refractivity contribution in [2.45, 2.75) is 19.4 Å². The molecule has 60 valence electrons. The number of nitrogens with zero attached hydrogens (tertiary/aromatic N) is 1. The zero-order chi connectivity index (χ0) is 8.59. The maximum atomic E-state index is 10.8. The quantitative estimate of drug-likeness (QED) is 0.441. The highest BCUT2D eigenvalue weighted by Crippen LogP contribution is 2.12. The molecule has 0 saturated carbocycles. The van der Waals surface area contributed by atoms with E-state index in [-0.39, 0.29) is 6.42 Å². The van der Waals surface area contributed by atoms with Gasteiger partial charge in [0.25, 0.3) is 5.91 Å². The van der Waals surface area contributed by atoms with Crippen LogP contribution in [-0.4, -0.2) is 33.8 Å². The number of likely N-dealkylation sites (tertiary alicyclic amines) is 1. The fraction of sp³-hybridized carbons (Fsp3) is 0.500. The molecule has 5 nitrogen and oxygen atoms in total. The van der Waals surface area contributed by atoms with Crippen LogP contribution < -0.4 is 0 Å². The normalized spacial score (nSPS) is 24.5. The van der Waals surface area contributed by atoms with Gasteiger partial charge in [-0.25, -0.2) is 4.90 Å². The Bertz CT molecular complexity index is 235. The first-order valence-electron chi connectivity index (χ1n) is 3.09. The third-order valence-electron chi connectivity index (χ3n) is 1.44. The minimum atomic E-state index is -1.33. The Morgan fingerprint density at radius 3 is 2.36 bits per heavy atom. The predicted molar refractivity (Wildman–Crippen MR) is 33.2 cm³/mol. The number of imide groups is 3. The van der Waals surface area contributed by atoms with Crippen molar-refractivity contribution < 1.29 is 19.5 Å². The molecule has 0 aromatic rings. The van der Waals surface area contributed by atoms with E-state index in [0.717, 1.165) is 6.92 Å². The molecule has 1 saturated heterocycles. The van der Waals surface area contributed by atoms with Gasteiger partial charge in [0.15, 0.2) is 0 Å². The van der Waals surface area contributed by atoms with Crippen molar-refractivity contribution in [3.05, 3.63) is 0 Å². The van der Waals surface area contributed by atoms with Crippen molar-refractivity contribution >= 4 is 17.7 Å². The molecular weight excluding hydrogens is 150 g/mol. The van der Waals surface area contributed by atoms with Gasteiger partial charge in [0.2, 0.25) is 11.8 Å². The van der Waals surface area contributed by atoms with Crippen molar-refractivity contribution in [1.29, 1.82) is 0 Å². The number of hydrogen-bond donors (Lipinski definition) is 1. The van der Waals surface area contributed by atoms with Gasteiger partial charge in [0.1, 0.15) is 6.10 Å². The fourth-order valence-electron chi connectivity index (χ4n) is 0.947. The number of rotatable bonds is 0. The van der Waals surface area contributed by atoms with Crippen molar-refractivity contribution in [2.75, 3.05) is 0 Å². The van der Waals surface area contributed by atoms with Gasteiger partial charge in [-0.1, -0.05) is 0 Å². The predicted octanol–water partition coefficient (Wildman–Crippen LogP) is -1.35. The maximum absolute atomic E-state index is 10.8. The first-order chi connectivity index (χ1) is 5.04. The summed E-state index contributed by atoms with van der Waals surface area (Å²) in [6.07, 6.45) is -1.61. The van der Waals surface area contributed by atoms with E-state index in [1.54, 1.807) is 0 Å². The van der Waals surface area contributed by atoms with E-state index in [2.05, 4.69) is 0 Å². The van der Waals surface area contributed by atoms with Gasteiger partial charge in [-0.15, -0.1) is 0 Å². The zero-order valence-corrected chi connectivity index (χ0v) is 5.90. The Hall–Kier alpha value is -1.23. The molecule has 1 unspecified atom stereocenters. The highest BCUT2D eigenvalue weighted by Gasteiger charge is 2.39. The molecule has 0 bridgehead atoms. The molecule has 1 aliphatic heterocycles. The van der Waals surface area contributed by atoms with E-state index in [0.29, 0.717) is 4.90 Å². The second kappa shape index (κ2) is 2.43. The standard InChI is InChI=1S/C6H7NO4/c1-3(8)7-5(10)2-4(9)6(7)11/h4,9H,2H2,1H3. The molecule has 0 aromatic heterocycles. The molecule has 1 atom stereocenters. The van der Waals surface area contributed by atoms with Crippen LogP contribution in [0.15, 0.2) is 0 Å². The monoisotopic (exact) mass is 157 g/mol. The molecule has 0 radical (unpaired) electrons. The summed E-state index contributed by atoms with van der Waals surface area (Å²) in [5.41, 5.74) is 0. The Balaban J connectivity index is 2.88. The van der Waals surface area contributed by atoms with Crippen molar-refractivity contribution in [3.63, 3.8) is 0 Å². The molecule has 0 aromatic carbocycles. The summed E-state index contributed by atoms with van der Waals surface area (Å²) >= 11 is 0. The number of carbonyl (C=O) groups excluding carboxylic acids is 3. The fourth-order valence-corrected chi connectivity index (χ4v) is 0.947. The molecule has 1 aliphatic rings. The molecule has 5 heteroatoms. The average molecular weight is 157 g/mol. The topological polar surface area (TPSA) is 74.7 Å². The summed E-state index contributed by atoms with van der Waals surface area (Å²) in [6.45, 7) is 1.10. The Morgan fingerprint density at radius 2 is 2.18 bits per heavy atom. The van der Waals surface area contributed by atoms with Crippen LogP contribution in [0.2, 0.25) is 0 Å². The average Bonchev–Trinajstić information content (AvgIpc) is 2.07. The van der Waals surface area contributed by atoms with Gasteiger partial charge in [-0.3, -0.25) is 14.4 Å².